The maximum absolute atomic E-state index is 11.9. The van der Waals surface area contributed by atoms with Gasteiger partial charge in [0, 0.05) is 35.7 Å². The van der Waals surface area contributed by atoms with Crippen LogP contribution >= 0.6 is 0 Å². The predicted octanol–water partition coefficient (Wildman–Crippen LogP) is 2.93. The first kappa shape index (κ1) is 14.3. The fourth-order valence-corrected chi connectivity index (χ4v) is 1.91. The molecule has 1 aromatic carbocycles. The van der Waals surface area contributed by atoms with Crippen LogP contribution < -0.4 is 11.1 Å². The lowest BCUT2D eigenvalue weighted by Gasteiger charge is -2.17. The topological polar surface area (TPSA) is 60.1 Å². The van der Waals surface area contributed by atoms with Crippen molar-refractivity contribution in [3.05, 3.63) is 48.8 Å². The number of anilines is 1. The van der Waals surface area contributed by atoms with Gasteiger partial charge in [-0.05, 0) is 50.6 Å². The summed E-state index contributed by atoms with van der Waals surface area (Å²) in [5.74, 6) is -0.00631. The lowest BCUT2D eigenvalue weighted by atomic mass is 10.00. The monoisotopic (exact) mass is 271 g/mol. The number of hydrogen-bond donors (Lipinski definition) is 2. The largest absolute Gasteiger partial charge is 0.326 e. The van der Waals surface area contributed by atoms with Crippen LogP contribution in [0.15, 0.2) is 48.8 Å². The molecule has 0 bridgehead atoms. The third kappa shape index (κ3) is 4.24. The SMILES string of the molecule is CC(C)(N)CCC(=O)Nc1cccc(-n2cccc2)c1. The molecule has 106 valence electrons. The molecular formula is C16H21N3O. The summed E-state index contributed by atoms with van der Waals surface area (Å²) < 4.78 is 2.00. The van der Waals surface area contributed by atoms with Gasteiger partial charge < -0.3 is 15.6 Å². The molecule has 1 heterocycles. The number of nitrogens with zero attached hydrogens (tertiary/aromatic N) is 1. The van der Waals surface area contributed by atoms with Crippen LogP contribution in [0.25, 0.3) is 5.69 Å². The Morgan fingerprint density at radius 3 is 2.60 bits per heavy atom. The Bertz CT molecular complexity index is 568. The van der Waals surface area contributed by atoms with Crippen molar-refractivity contribution < 1.29 is 4.79 Å². The Morgan fingerprint density at radius 2 is 1.95 bits per heavy atom. The number of aromatic nitrogens is 1. The first-order valence-corrected chi connectivity index (χ1v) is 6.76. The van der Waals surface area contributed by atoms with Gasteiger partial charge in [0.05, 0.1) is 0 Å². The first-order valence-electron chi connectivity index (χ1n) is 6.76. The highest BCUT2D eigenvalue weighted by Gasteiger charge is 2.13. The molecule has 2 aromatic rings. The Kier molecular flexibility index (Phi) is 4.25. The molecule has 0 radical (unpaired) electrons. The van der Waals surface area contributed by atoms with Crippen molar-refractivity contribution in [3.8, 4) is 5.69 Å². The van der Waals surface area contributed by atoms with E-state index in [-0.39, 0.29) is 11.4 Å². The molecule has 0 aliphatic rings. The van der Waals surface area contributed by atoms with E-state index in [4.69, 9.17) is 5.73 Å². The molecular weight excluding hydrogens is 250 g/mol. The number of carbonyl (C=O) groups is 1. The average Bonchev–Trinajstić information content (AvgIpc) is 2.90. The zero-order valence-electron chi connectivity index (χ0n) is 12.0. The zero-order valence-corrected chi connectivity index (χ0v) is 12.0. The summed E-state index contributed by atoms with van der Waals surface area (Å²) in [6.45, 7) is 3.85. The van der Waals surface area contributed by atoms with Crippen molar-refractivity contribution in [2.75, 3.05) is 5.32 Å². The number of amides is 1. The summed E-state index contributed by atoms with van der Waals surface area (Å²) in [4.78, 5) is 11.9. The Labute approximate surface area is 119 Å². The molecule has 0 fully saturated rings. The fraction of sp³-hybridized carbons (Fsp3) is 0.312. The second-order valence-electron chi connectivity index (χ2n) is 5.68. The number of benzene rings is 1. The molecule has 0 aliphatic heterocycles. The number of hydrogen-bond acceptors (Lipinski definition) is 2. The lowest BCUT2D eigenvalue weighted by molar-refractivity contribution is -0.116. The maximum atomic E-state index is 11.9. The van der Waals surface area contributed by atoms with Crippen LogP contribution in [0.4, 0.5) is 5.69 Å². The molecule has 0 saturated heterocycles. The van der Waals surface area contributed by atoms with Crippen molar-refractivity contribution in [3.63, 3.8) is 0 Å². The van der Waals surface area contributed by atoms with Gasteiger partial charge in [0.15, 0.2) is 0 Å². The summed E-state index contributed by atoms with van der Waals surface area (Å²) in [5, 5.41) is 2.91. The van der Waals surface area contributed by atoms with E-state index >= 15 is 0 Å². The van der Waals surface area contributed by atoms with E-state index in [0.717, 1.165) is 11.4 Å². The van der Waals surface area contributed by atoms with Gasteiger partial charge in [-0.25, -0.2) is 0 Å². The highest BCUT2D eigenvalue weighted by molar-refractivity contribution is 5.91. The summed E-state index contributed by atoms with van der Waals surface area (Å²) in [6.07, 6.45) is 5.03. The molecule has 0 unspecified atom stereocenters. The predicted molar refractivity (Wildman–Crippen MR) is 81.9 cm³/mol. The van der Waals surface area contributed by atoms with Crippen LogP contribution in [0.5, 0.6) is 0 Å². The van der Waals surface area contributed by atoms with Gasteiger partial charge in [0.1, 0.15) is 0 Å². The van der Waals surface area contributed by atoms with Gasteiger partial charge in [0.2, 0.25) is 5.91 Å². The molecule has 1 aromatic heterocycles. The Balaban J connectivity index is 2.00. The minimum atomic E-state index is -0.315. The van der Waals surface area contributed by atoms with Crippen molar-refractivity contribution in [2.24, 2.45) is 5.73 Å². The number of nitrogens with two attached hydrogens (primary N) is 1. The fourth-order valence-electron chi connectivity index (χ4n) is 1.91. The molecule has 3 N–H and O–H groups in total. The van der Waals surface area contributed by atoms with Gasteiger partial charge in [-0.15, -0.1) is 0 Å². The summed E-state index contributed by atoms with van der Waals surface area (Å²) >= 11 is 0. The minimum Gasteiger partial charge on any atom is -0.326 e. The van der Waals surface area contributed by atoms with Crippen LogP contribution in [0.3, 0.4) is 0 Å². The van der Waals surface area contributed by atoms with Crippen molar-refractivity contribution in [1.82, 2.24) is 4.57 Å². The van der Waals surface area contributed by atoms with E-state index in [1.165, 1.54) is 0 Å². The molecule has 1 amide bonds. The lowest BCUT2D eigenvalue weighted by Crippen LogP contribution is -2.33. The highest BCUT2D eigenvalue weighted by atomic mass is 16.1. The second kappa shape index (κ2) is 5.92. The smallest absolute Gasteiger partial charge is 0.224 e. The summed E-state index contributed by atoms with van der Waals surface area (Å²) in [5.41, 5.74) is 7.39. The standard InChI is InChI=1S/C16H21N3O/c1-16(2,17)9-8-15(20)18-13-6-5-7-14(12-13)19-10-3-4-11-19/h3-7,10-12H,8-9,17H2,1-2H3,(H,18,20). The van der Waals surface area contributed by atoms with E-state index in [1.54, 1.807) is 0 Å². The quantitative estimate of drug-likeness (QED) is 0.878. The average molecular weight is 271 g/mol. The summed E-state index contributed by atoms with van der Waals surface area (Å²) in [6, 6.07) is 11.7. The number of nitrogens with one attached hydrogen (secondary N) is 1. The molecule has 0 aliphatic carbocycles. The molecule has 0 spiro atoms. The minimum absolute atomic E-state index is 0.00631. The van der Waals surface area contributed by atoms with Crippen LogP contribution in [0, 0.1) is 0 Å². The molecule has 0 saturated carbocycles. The molecule has 20 heavy (non-hydrogen) atoms. The maximum Gasteiger partial charge on any atom is 0.224 e. The molecule has 4 nitrogen and oxygen atoms in total. The van der Waals surface area contributed by atoms with Gasteiger partial charge >= 0.3 is 0 Å². The van der Waals surface area contributed by atoms with Crippen LogP contribution in [0.2, 0.25) is 0 Å². The number of carbonyl (C=O) groups excluding carboxylic acids is 1. The third-order valence-corrected chi connectivity index (χ3v) is 3.03. The Hall–Kier alpha value is -2.07. The van der Waals surface area contributed by atoms with E-state index in [1.807, 2.05) is 67.2 Å². The normalized spacial score (nSPS) is 11.3. The van der Waals surface area contributed by atoms with Crippen LogP contribution in [-0.2, 0) is 4.79 Å². The van der Waals surface area contributed by atoms with E-state index in [0.29, 0.717) is 12.8 Å². The van der Waals surface area contributed by atoms with Crippen LogP contribution in [-0.4, -0.2) is 16.0 Å². The van der Waals surface area contributed by atoms with Gasteiger partial charge in [0.25, 0.3) is 0 Å². The highest BCUT2D eigenvalue weighted by Crippen LogP contribution is 2.16. The first-order chi connectivity index (χ1) is 9.44. The van der Waals surface area contributed by atoms with Crippen molar-refractivity contribution in [1.29, 1.82) is 0 Å². The number of rotatable bonds is 5. The molecule has 0 atom stereocenters. The van der Waals surface area contributed by atoms with Gasteiger partial charge in [-0.1, -0.05) is 6.07 Å². The zero-order chi connectivity index (χ0) is 14.6. The second-order valence-corrected chi connectivity index (χ2v) is 5.68. The Morgan fingerprint density at radius 1 is 1.25 bits per heavy atom. The van der Waals surface area contributed by atoms with Crippen LogP contribution in [0.1, 0.15) is 26.7 Å². The van der Waals surface area contributed by atoms with E-state index < -0.39 is 0 Å². The van der Waals surface area contributed by atoms with E-state index in [9.17, 15) is 4.79 Å². The van der Waals surface area contributed by atoms with Gasteiger partial charge in [-0.2, -0.15) is 0 Å². The molecule has 2 rings (SSSR count). The van der Waals surface area contributed by atoms with Crippen molar-refractivity contribution in [2.45, 2.75) is 32.2 Å². The summed E-state index contributed by atoms with van der Waals surface area (Å²) in [7, 11) is 0. The van der Waals surface area contributed by atoms with Crippen molar-refractivity contribution >= 4 is 11.6 Å². The molecule has 4 heteroatoms. The van der Waals surface area contributed by atoms with E-state index in [2.05, 4.69) is 5.32 Å². The third-order valence-electron chi connectivity index (χ3n) is 3.03. The van der Waals surface area contributed by atoms with Gasteiger partial charge in [-0.3, -0.25) is 4.79 Å².